The van der Waals surface area contributed by atoms with Gasteiger partial charge in [0.2, 0.25) is 5.91 Å². The lowest BCUT2D eigenvalue weighted by molar-refractivity contribution is -0.163. The Morgan fingerprint density at radius 1 is 1.29 bits per heavy atom. The molecule has 0 unspecified atom stereocenters. The zero-order valence-corrected chi connectivity index (χ0v) is 16.6. The van der Waals surface area contributed by atoms with Crippen LogP contribution in [-0.2, 0) is 19.1 Å². The number of hydrogen-bond acceptors (Lipinski definition) is 5. The number of carbonyl (C=O) groups is 2. The molecule has 3 rings (SSSR count). The quantitative estimate of drug-likeness (QED) is 0.555. The van der Waals surface area contributed by atoms with E-state index in [0.717, 1.165) is 31.4 Å². The lowest BCUT2D eigenvalue weighted by atomic mass is 9.73. The minimum Gasteiger partial charge on any atom is -0.466 e. The second-order valence-corrected chi connectivity index (χ2v) is 7.63. The minimum atomic E-state index is -0.538. The van der Waals surface area contributed by atoms with Crippen molar-refractivity contribution in [1.29, 1.82) is 0 Å². The van der Waals surface area contributed by atoms with Crippen molar-refractivity contribution in [3.8, 4) is 0 Å². The Bertz CT molecular complexity index is 675. The van der Waals surface area contributed by atoms with Crippen molar-refractivity contribution in [3.05, 3.63) is 36.2 Å². The Morgan fingerprint density at radius 2 is 2.04 bits per heavy atom. The fraction of sp³-hybridized carbons (Fsp3) is 0.591. The molecular weight excluding hydrogens is 356 g/mol. The molecule has 0 aliphatic carbocycles. The molecular formula is C22H30N2O4. The number of likely N-dealkylation sites (tertiary alicyclic amines) is 1. The molecule has 1 amide bonds. The maximum atomic E-state index is 12.8. The molecule has 3 heterocycles. The second kappa shape index (κ2) is 9.82. The summed E-state index contributed by atoms with van der Waals surface area (Å²) >= 11 is 0. The van der Waals surface area contributed by atoms with Crippen LogP contribution in [0.5, 0.6) is 0 Å². The predicted octanol–water partition coefficient (Wildman–Crippen LogP) is 3.23. The zero-order chi connectivity index (χ0) is 19.8. The van der Waals surface area contributed by atoms with Gasteiger partial charge in [0.05, 0.1) is 18.1 Å². The largest absolute Gasteiger partial charge is 0.466 e. The van der Waals surface area contributed by atoms with Crippen LogP contribution in [0, 0.1) is 5.41 Å². The van der Waals surface area contributed by atoms with Crippen molar-refractivity contribution in [3.63, 3.8) is 0 Å². The molecule has 6 nitrogen and oxygen atoms in total. The average molecular weight is 386 g/mol. The number of nitrogens with zero attached hydrogens (tertiary/aromatic N) is 2. The highest BCUT2D eigenvalue weighted by Crippen LogP contribution is 2.40. The van der Waals surface area contributed by atoms with Crippen LogP contribution in [0.15, 0.2) is 30.6 Å². The first-order valence-corrected chi connectivity index (χ1v) is 10.3. The van der Waals surface area contributed by atoms with Crippen LogP contribution in [0.2, 0.25) is 0 Å². The van der Waals surface area contributed by atoms with Crippen molar-refractivity contribution in [2.24, 2.45) is 5.41 Å². The van der Waals surface area contributed by atoms with E-state index in [1.54, 1.807) is 24.5 Å². The zero-order valence-electron chi connectivity index (χ0n) is 16.6. The molecule has 0 saturated carbocycles. The molecule has 28 heavy (non-hydrogen) atoms. The molecule has 2 aliphatic heterocycles. The molecule has 1 aromatic heterocycles. The van der Waals surface area contributed by atoms with Crippen LogP contribution >= 0.6 is 0 Å². The van der Waals surface area contributed by atoms with E-state index in [1.807, 2.05) is 24.0 Å². The average Bonchev–Trinajstić information content (AvgIpc) is 2.74. The lowest BCUT2D eigenvalue weighted by Crippen LogP contribution is -2.48. The van der Waals surface area contributed by atoms with Gasteiger partial charge in [-0.15, -0.1) is 0 Å². The third-order valence-electron chi connectivity index (χ3n) is 5.76. The molecule has 1 aromatic rings. The van der Waals surface area contributed by atoms with E-state index in [1.165, 1.54) is 0 Å². The summed E-state index contributed by atoms with van der Waals surface area (Å²) in [6, 6.07) is 3.71. The van der Waals surface area contributed by atoms with Gasteiger partial charge in [-0.05, 0) is 69.2 Å². The van der Waals surface area contributed by atoms with Crippen LogP contribution in [0.1, 0.15) is 51.0 Å². The summed E-state index contributed by atoms with van der Waals surface area (Å²) in [5, 5.41) is 0. The summed E-state index contributed by atoms with van der Waals surface area (Å²) in [7, 11) is 0. The first-order valence-electron chi connectivity index (χ1n) is 10.3. The molecule has 2 fully saturated rings. The van der Waals surface area contributed by atoms with Crippen LogP contribution < -0.4 is 0 Å². The number of aromatic nitrogens is 1. The van der Waals surface area contributed by atoms with Crippen molar-refractivity contribution in [2.45, 2.75) is 51.6 Å². The summed E-state index contributed by atoms with van der Waals surface area (Å²) in [5.41, 5.74) is 0.402. The van der Waals surface area contributed by atoms with Crippen LogP contribution in [0.3, 0.4) is 0 Å². The SMILES string of the molecule is CCOC(=O)C1(C[C@@H]2CCCCO2)CCN(C(=O)/C=C/c2ccncc2)CC1. The molecule has 1 atom stereocenters. The smallest absolute Gasteiger partial charge is 0.312 e. The molecule has 0 N–H and O–H groups in total. The predicted molar refractivity (Wildman–Crippen MR) is 106 cm³/mol. The molecule has 0 bridgehead atoms. The van der Waals surface area contributed by atoms with Gasteiger partial charge in [0.1, 0.15) is 0 Å². The van der Waals surface area contributed by atoms with Gasteiger partial charge in [0.25, 0.3) is 0 Å². The maximum absolute atomic E-state index is 12.8. The van der Waals surface area contributed by atoms with Gasteiger partial charge in [0.15, 0.2) is 0 Å². The highest BCUT2D eigenvalue weighted by atomic mass is 16.5. The number of rotatable bonds is 6. The maximum Gasteiger partial charge on any atom is 0.312 e. The van der Waals surface area contributed by atoms with Gasteiger partial charge in [0, 0.05) is 38.2 Å². The van der Waals surface area contributed by atoms with E-state index in [0.29, 0.717) is 39.0 Å². The molecule has 0 radical (unpaired) electrons. The van der Waals surface area contributed by atoms with Crippen LogP contribution in [0.25, 0.3) is 6.08 Å². The molecule has 0 aromatic carbocycles. The Hall–Kier alpha value is -2.21. The molecule has 0 spiro atoms. The second-order valence-electron chi connectivity index (χ2n) is 7.63. The van der Waals surface area contributed by atoms with Crippen molar-refractivity contribution in [1.82, 2.24) is 9.88 Å². The normalized spacial score (nSPS) is 22.2. The van der Waals surface area contributed by atoms with Crippen molar-refractivity contribution in [2.75, 3.05) is 26.3 Å². The summed E-state index contributed by atoms with van der Waals surface area (Å²) in [6.07, 6.45) is 12.1. The van der Waals surface area contributed by atoms with E-state index < -0.39 is 5.41 Å². The van der Waals surface area contributed by atoms with Crippen molar-refractivity contribution < 1.29 is 19.1 Å². The molecule has 152 valence electrons. The number of pyridine rings is 1. The number of esters is 1. The molecule has 6 heteroatoms. The van der Waals surface area contributed by atoms with Gasteiger partial charge < -0.3 is 14.4 Å². The topological polar surface area (TPSA) is 68.7 Å². The lowest BCUT2D eigenvalue weighted by Gasteiger charge is -2.41. The van der Waals surface area contributed by atoms with Gasteiger partial charge in [-0.1, -0.05) is 0 Å². The fourth-order valence-corrected chi connectivity index (χ4v) is 4.08. The summed E-state index contributed by atoms with van der Waals surface area (Å²) in [5.74, 6) is -0.160. The summed E-state index contributed by atoms with van der Waals surface area (Å²) in [4.78, 5) is 31.1. The van der Waals surface area contributed by atoms with Crippen LogP contribution in [-0.4, -0.2) is 54.2 Å². The number of piperidine rings is 1. The van der Waals surface area contributed by atoms with Gasteiger partial charge >= 0.3 is 5.97 Å². The number of hydrogen-bond donors (Lipinski definition) is 0. The number of amides is 1. The highest BCUT2D eigenvalue weighted by molar-refractivity contribution is 5.92. The van der Waals surface area contributed by atoms with Gasteiger partial charge in [-0.2, -0.15) is 0 Å². The minimum absolute atomic E-state index is 0.0248. The standard InChI is InChI=1S/C22H30N2O4/c1-2-27-21(26)22(17-19-5-3-4-16-28-19)10-14-24(15-11-22)20(25)7-6-18-8-12-23-13-9-18/h6-9,12-13,19H,2-5,10-11,14-17H2,1H3/b7-6+/t19-/m0/s1. The highest BCUT2D eigenvalue weighted by Gasteiger charge is 2.45. The van der Waals surface area contributed by atoms with Gasteiger partial charge in [-0.3, -0.25) is 14.6 Å². The first-order chi connectivity index (χ1) is 13.6. The van der Waals surface area contributed by atoms with E-state index in [9.17, 15) is 9.59 Å². The molecule has 2 aliphatic rings. The number of ether oxygens (including phenoxy) is 2. The summed E-state index contributed by atoms with van der Waals surface area (Å²) in [6.45, 7) is 4.11. The Balaban J connectivity index is 1.62. The monoisotopic (exact) mass is 386 g/mol. The Labute approximate surface area is 166 Å². The van der Waals surface area contributed by atoms with E-state index in [4.69, 9.17) is 9.47 Å². The van der Waals surface area contributed by atoms with E-state index >= 15 is 0 Å². The number of carbonyl (C=O) groups excluding carboxylic acids is 2. The van der Waals surface area contributed by atoms with Crippen molar-refractivity contribution >= 4 is 18.0 Å². The fourth-order valence-electron chi connectivity index (χ4n) is 4.08. The molecule has 2 saturated heterocycles. The Kier molecular flexibility index (Phi) is 7.20. The summed E-state index contributed by atoms with van der Waals surface area (Å²) < 4.78 is 11.3. The van der Waals surface area contributed by atoms with E-state index in [2.05, 4.69) is 4.98 Å². The third kappa shape index (κ3) is 5.19. The first kappa shape index (κ1) is 20.5. The van der Waals surface area contributed by atoms with Crippen LogP contribution in [0.4, 0.5) is 0 Å². The third-order valence-corrected chi connectivity index (χ3v) is 5.76. The Morgan fingerprint density at radius 3 is 2.68 bits per heavy atom. The van der Waals surface area contributed by atoms with E-state index in [-0.39, 0.29) is 18.0 Å². The van der Waals surface area contributed by atoms with Gasteiger partial charge in [-0.25, -0.2) is 0 Å².